The smallest absolute Gasteiger partial charge is 0.333 e. The summed E-state index contributed by atoms with van der Waals surface area (Å²) in [4.78, 5) is 14.4. The molecule has 0 aromatic carbocycles. The number of rotatable bonds is 3. The van der Waals surface area contributed by atoms with Gasteiger partial charge in [-0.25, -0.2) is 4.79 Å². The van der Waals surface area contributed by atoms with Gasteiger partial charge in [-0.15, -0.1) is 0 Å². The van der Waals surface area contributed by atoms with E-state index in [1.54, 1.807) is 0 Å². The minimum atomic E-state index is -0.109. The van der Waals surface area contributed by atoms with Crippen molar-refractivity contribution < 1.29 is 9.53 Å². The molecule has 0 bridgehead atoms. The third-order valence-corrected chi connectivity index (χ3v) is 5.05. The maximum Gasteiger partial charge on any atom is 0.333 e. The van der Waals surface area contributed by atoms with Crippen molar-refractivity contribution in [2.75, 3.05) is 20.2 Å². The van der Waals surface area contributed by atoms with Crippen LogP contribution in [0.15, 0.2) is 11.6 Å². The zero-order valence-electron chi connectivity index (χ0n) is 11.4. The van der Waals surface area contributed by atoms with Crippen LogP contribution in [0.5, 0.6) is 0 Å². The van der Waals surface area contributed by atoms with E-state index in [0.717, 1.165) is 30.4 Å². The summed E-state index contributed by atoms with van der Waals surface area (Å²) >= 11 is 0. The summed E-state index contributed by atoms with van der Waals surface area (Å²) in [7, 11) is 1.49. The molecular formula is C15H23NO2. The minimum absolute atomic E-state index is 0.109. The average Bonchev–Trinajstić information content (AvgIpc) is 3.16. The molecule has 0 aromatic heterocycles. The molecule has 0 amide bonds. The van der Waals surface area contributed by atoms with E-state index in [-0.39, 0.29) is 5.97 Å². The Balaban J connectivity index is 1.85. The quantitative estimate of drug-likeness (QED) is 0.718. The van der Waals surface area contributed by atoms with Gasteiger partial charge in [-0.3, -0.25) is 0 Å². The van der Waals surface area contributed by atoms with E-state index in [0.29, 0.717) is 12.0 Å². The van der Waals surface area contributed by atoms with Gasteiger partial charge in [0, 0.05) is 11.6 Å². The molecule has 3 heteroatoms. The lowest BCUT2D eigenvalue weighted by Crippen LogP contribution is -2.39. The van der Waals surface area contributed by atoms with Crippen LogP contribution in [0, 0.1) is 17.8 Å². The van der Waals surface area contributed by atoms with Gasteiger partial charge in [0.1, 0.15) is 0 Å². The highest BCUT2D eigenvalue weighted by Gasteiger charge is 2.46. The summed E-state index contributed by atoms with van der Waals surface area (Å²) in [5.74, 6) is 2.15. The molecule has 0 aromatic rings. The van der Waals surface area contributed by atoms with Crippen molar-refractivity contribution >= 4 is 5.97 Å². The van der Waals surface area contributed by atoms with Gasteiger partial charge >= 0.3 is 5.97 Å². The van der Waals surface area contributed by atoms with Gasteiger partial charge in [0.25, 0.3) is 0 Å². The Labute approximate surface area is 109 Å². The Morgan fingerprint density at radius 1 is 1.44 bits per heavy atom. The van der Waals surface area contributed by atoms with E-state index < -0.39 is 0 Å². The fourth-order valence-electron chi connectivity index (χ4n) is 3.96. The molecule has 1 saturated carbocycles. The summed E-state index contributed by atoms with van der Waals surface area (Å²) in [6.45, 7) is 4.54. The number of fused-ring (bicyclic) bond motifs is 1. The molecular weight excluding hydrogens is 226 g/mol. The predicted molar refractivity (Wildman–Crippen MR) is 70.1 cm³/mol. The fraction of sp³-hybridized carbons (Fsp3) is 0.800. The van der Waals surface area contributed by atoms with Gasteiger partial charge in [-0.1, -0.05) is 13.0 Å². The standard InChI is InChI=1S/C15H23NO2/c1-3-16-7-6-12-13(10-4-5-10)8-11(9-14(12)16)15(17)18-2/h8,10,12-14H,3-7,9H2,1-2H3/t12?,13-,14-/m1/s1. The number of esters is 1. The van der Waals surface area contributed by atoms with Crippen molar-refractivity contribution in [3.8, 4) is 0 Å². The summed E-state index contributed by atoms with van der Waals surface area (Å²) in [5.41, 5.74) is 0.927. The van der Waals surface area contributed by atoms with Crippen LogP contribution in [0.4, 0.5) is 0 Å². The van der Waals surface area contributed by atoms with E-state index in [9.17, 15) is 4.79 Å². The molecule has 1 unspecified atom stereocenters. The predicted octanol–water partition coefficient (Wildman–Crippen LogP) is 2.23. The highest BCUT2D eigenvalue weighted by Crippen LogP contribution is 2.49. The number of carbonyl (C=O) groups is 1. The zero-order chi connectivity index (χ0) is 12.7. The van der Waals surface area contributed by atoms with Gasteiger partial charge in [0.15, 0.2) is 0 Å². The molecule has 0 radical (unpaired) electrons. The molecule has 1 saturated heterocycles. The van der Waals surface area contributed by atoms with E-state index in [1.807, 2.05) is 0 Å². The second-order valence-corrected chi connectivity index (χ2v) is 5.95. The van der Waals surface area contributed by atoms with Gasteiger partial charge in [-0.2, -0.15) is 0 Å². The third-order valence-electron chi connectivity index (χ3n) is 5.05. The van der Waals surface area contributed by atoms with Crippen molar-refractivity contribution in [1.82, 2.24) is 4.90 Å². The maximum atomic E-state index is 11.8. The first-order valence-corrected chi connectivity index (χ1v) is 7.27. The molecule has 18 heavy (non-hydrogen) atoms. The highest BCUT2D eigenvalue weighted by molar-refractivity contribution is 5.88. The zero-order valence-corrected chi connectivity index (χ0v) is 11.4. The SMILES string of the molecule is CCN1CCC2[C@@H](C3CC3)C=C(C(=O)OC)C[C@H]21. The van der Waals surface area contributed by atoms with Crippen molar-refractivity contribution in [2.45, 2.75) is 38.6 Å². The summed E-state index contributed by atoms with van der Waals surface area (Å²) in [5, 5.41) is 0. The number of nitrogens with zero attached hydrogens (tertiary/aromatic N) is 1. The number of likely N-dealkylation sites (tertiary alicyclic amines) is 1. The number of methoxy groups -OCH3 is 1. The highest BCUT2D eigenvalue weighted by atomic mass is 16.5. The summed E-state index contributed by atoms with van der Waals surface area (Å²) in [6.07, 6.45) is 7.17. The second-order valence-electron chi connectivity index (χ2n) is 5.95. The summed E-state index contributed by atoms with van der Waals surface area (Å²) < 4.78 is 4.93. The van der Waals surface area contributed by atoms with E-state index in [4.69, 9.17) is 4.74 Å². The number of carbonyl (C=O) groups excluding carboxylic acids is 1. The topological polar surface area (TPSA) is 29.5 Å². The molecule has 100 valence electrons. The van der Waals surface area contributed by atoms with Crippen LogP contribution in [-0.2, 0) is 9.53 Å². The molecule has 0 spiro atoms. The monoisotopic (exact) mass is 249 g/mol. The first-order chi connectivity index (χ1) is 8.74. The normalized spacial score (nSPS) is 36.1. The van der Waals surface area contributed by atoms with E-state index >= 15 is 0 Å². The fourth-order valence-corrected chi connectivity index (χ4v) is 3.96. The van der Waals surface area contributed by atoms with E-state index in [2.05, 4.69) is 17.9 Å². The molecule has 3 atom stereocenters. The van der Waals surface area contributed by atoms with E-state index in [1.165, 1.54) is 32.9 Å². The number of hydrogen-bond acceptors (Lipinski definition) is 3. The Bertz CT molecular complexity index is 373. The number of hydrogen-bond donors (Lipinski definition) is 0. The van der Waals surface area contributed by atoms with Gasteiger partial charge < -0.3 is 9.64 Å². The van der Waals surface area contributed by atoms with Crippen LogP contribution in [0.2, 0.25) is 0 Å². The Morgan fingerprint density at radius 3 is 2.83 bits per heavy atom. The first-order valence-electron chi connectivity index (χ1n) is 7.27. The van der Waals surface area contributed by atoms with Crippen molar-refractivity contribution in [1.29, 1.82) is 0 Å². The van der Waals surface area contributed by atoms with Gasteiger partial charge in [0.05, 0.1) is 7.11 Å². The van der Waals surface area contributed by atoms with Crippen LogP contribution in [0.3, 0.4) is 0 Å². The molecule has 3 nitrogen and oxygen atoms in total. The van der Waals surface area contributed by atoms with Crippen LogP contribution >= 0.6 is 0 Å². The lowest BCUT2D eigenvalue weighted by Gasteiger charge is -2.35. The van der Waals surface area contributed by atoms with Crippen LogP contribution in [0.1, 0.15) is 32.6 Å². The lowest BCUT2D eigenvalue weighted by atomic mass is 9.75. The molecule has 3 aliphatic rings. The van der Waals surface area contributed by atoms with Gasteiger partial charge in [0.2, 0.25) is 0 Å². The first kappa shape index (κ1) is 12.2. The van der Waals surface area contributed by atoms with Crippen molar-refractivity contribution in [2.24, 2.45) is 17.8 Å². The molecule has 2 aliphatic carbocycles. The Hall–Kier alpha value is -0.830. The summed E-state index contributed by atoms with van der Waals surface area (Å²) in [6, 6.07) is 0.583. The van der Waals surface area contributed by atoms with Crippen LogP contribution < -0.4 is 0 Å². The molecule has 3 rings (SSSR count). The Morgan fingerprint density at radius 2 is 2.22 bits per heavy atom. The molecule has 0 N–H and O–H groups in total. The number of ether oxygens (including phenoxy) is 1. The number of allylic oxidation sites excluding steroid dienone is 1. The lowest BCUT2D eigenvalue weighted by molar-refractivity contribution is -0.136. The second kappa shape index (κ2) is 4.69. The molecule has 2 fully saturated rings. The largest absolute Gasteiger partial charge is 0.466 e. The third kappa shape index (κ3) is 1.99. The minimum Gasteiger partial charge on any atom is -0.466 e. The van der Waals surface area contributed by atoms with Crippen LogP contribution in [0.25, 0.3) is 0 Å². The average molecular weight is 249 g/mol. The molecule has 1 heterocycles. The van der Waals surface area contributed by atoms with Crippen LogP contribution in [-0.4, -0.2) is 37.1 Å². The Kier molecular flexibility index (Phi) is 3.18. The van der Waals surface area contributed by atoms with Gasteiger partial charge in [-0.05, 0) is 56.5 Å². The molecule has 1 aliphatic heterocycles. The maximum absolute atomic E-state index is 11.8. The van der Waals surface area contributed by atoms with Crippen molar-refractivity contribution in [3.63, 3.8) is 0 Å². The van der Waals surface area contributed by atoms with Crippen molar-refractivity contribution in [3.05, 3.63) is 11.6 Å².